The second-order valence-electron chi connectivity index (χ2n) is 5.25. The third kappa shape index (κ3) is 2.62. The summed E-state index contributed by atoms with van der Waals surface area (Å²) in [5, 5.41) is 3.03. The number of methoxy groups -OCH3 is 1. The molecule has 0 fully saturated rings. The van der Waals surface area contributed by atoms with Crippen LogP contribution in [-0.4, -0.2) is 19.1 Å². The second kappa shape index (κ2) is 5.58. The number of rotatable bonds is 3. The molecule has 0 aromatic heterocycles. The Morgan fingerprint density at radius 3 is 2.86 bits per heavy atom. The van der Waals surface area contributed by atoms with Gasteiger partial charge in [-0.3, -0.25) is 4.79 Å². The summed E-state index contributed by atoms with van der Waals surface area (Å²) in [4.78, 5) is 12.4. The Bertz CT molecular complexity index is 669. The zero-order chi connectivity index (χ0) is 14.8. The fraction of sp³-hybridized carbons (Fsp3) is 0.235. The first-order chi connectivity index (χ1) is 10.2. The molecule has 2 aromatic rings. The molecule has 0 aliphatic heterocycles. The van der Waals surface area contributed by atoms with E-state index in [4.69, 9.17) is 10.5 Å². The van der Waals surface area contributed by atoms with Gasteiger partial charge in [0.2, 0.25) is 0 Å². The number of carbonyl (C=O) groups is 1. The van der Waals surface area contributed by atoms with Gasteiger partial charge in [-0.2, -0.15) is 0 Å². The summed E-state index contributed by atoms with van der Waals surface area (Å²) in [7, 11) is 1.58. The molecule has 1 aliphatic carbocycles. The number of fused-ring (bicyclic) bond motifs is 1. The minimum atomic E-state index is -0.139. The smallest absolute Gasteiger partial charge is 0.251 e. The van der Waals surface area contributed by atoms with Gasteiger partial charge in [0.1, 0.15) is 5.75 Å². The predicted octanol–water partition coefficient (Wildman–Crippen LogP) is 2.05. The van der Waals surface area contributed by atoms with E-state index in [0.717, 1.165) is 12.0 Å². The van der Waals surface area contributed by atoms with Crippen molar-refractivity contribution in [2.45, 2.75) is 18.5 Å². The van der Waals surface area contributed by atoms with Crippen LogP contribution in [0.4, 0.5) is 0 Å². The maximum atomic E-state index is 12.4. The van der Waals surface area contributed by atoms with Crippen molar-refractivity contribution in [3.8, 4) is 5.75 Å². The number of nitrogens with one attached hydrogen (secondary N) is 1. The lowest BCUT2D eigenvalue weighted by Gasteiger charge is -2.19. The van der Waals surface area contributed by atoms with Crippen LogP contribution in [0, 0.1) is 0 Å². The molecular weight excluding hydrogens is 264 g/mol. The van der Waals surface area contributed by atoms with Crippen LogP contribution in [0.3, 0.4) is 0 Å². The van der Waals surface area contributed by atoms with Crippen molar-refractivity contribution in [2.24, 2.45) is 5.73 Å². The molecule has 4 nitrogen and oxygen atoms in total. The van der Waals surface area contributed by atoms with Crippen molar-refractivity contribution in [2.75, 3.05) is 7.11 Å². The SMILES string of the molecule is COc1cccc(C(=O)NC2c3ccccc3CC2N)c1. The highest BCUT2D eigenvalue weighted by atomic mass is 16.5. The quantitative estimate of drug-likeness (QED) is 0.905. The Balaban J connectivity index is 1.81. The molecule has 1 aliphatic rings. The van der Waals surface area contributed by atoms with Gasteiger partial charge in [-0.25, -0.2) is 0 Å². The summed E-state index contributed by atoms with van der Waals surface area (Å²) in [5.41, 5.74) is 9.07. The molecule has 0 bridgehead atoms. The summed E-state index contributed by atoms with van der Waals surface area (Å²) in [5.74, 6) is 0.532. The van der Waals surface area contributed by atoms with Crippen molar-refractivity contribution in [1.29, 1.82) is 0 Å². The van der Waals surface area contributed by atoms with E-state index in [1.165, 1.54) is 5.56 Å². The summed E-state index contributed by atoms with van der Waals surface area (Å²) in [6.45, 7) is 0. The summed E-state index contributed by atoms with van der Waals surface area (Å²) in [6.07, 6.45) is 0.791. The maximum Gasteiger partial charge on any atom is 0.251 e. The Labute approximate surface area is 123 Å². The Morgan fingerprint density at radius 1 is 1.24 bits per heavy atom. The van der Waals surface area contributed by atoms with E-state index in [1.807, 2.05) is 24.3 Å². The van der Waals surface area contributed by atoms with Crippen LogP contribution in [0.15, 0.2) is 48.5 Å². The van der Waals surface area contributed by atoms with Crippen LogP contribution >= 0.6 is 0 Å². The molecule has 108 valence electrons. The second-order valence-corrected chi connectivity index (χ2v) is 5.25. The maximum absolute atomic E-state index is 12.4. The molecule has 21 heavy (non-hydrogen) atoms. The molecule has 3 rings (SSSR count). The largest absolute Gasteiger partial charge is 0.497 e. The average molecular weight is 282 g/mol. The summed E-state index contributed by atoms with van der Waals surface area (Å²) < 4.78 is 5.15. The van der Waals surface area contributed by atoms with Crippen LogP contribution < -0.4 is 15.8 Å². The lowest BCUT2D eigenvalue weighted by molar-refractivity contribution is 0.0932. The van der Waals surface area contributed by atoms with E-state index in [0.29, 0.717) is 11.3 Å². The molecule has 3 N–H and O–H groups in total. The average Bonchev–Trinajstić information content (AvgIpc) is 2.83. The highest BCUT2D eigenvalue weighted by Crippen LogP contribution is 2.30. The van der Waals surface area contributed by atoms with Crippen LogP contribution in [0.2, 0.25) is 0 Å². The standard InChI is InChI=1S/C17H18N2O2/c1-21-13-7-4-6-12(9-13)17(20)19-16-14-8-3-2-5-11(14)10-15(16)18/h2-9,15-16H,10,18H2,1H3,(H,19,20). The molecule has 4 heteroatoms. The number of carbonyl (C=O) groups excluding carboxylic acids is 1. The van der Waals surface area contributed by atoms with E-state index in [1.54, 1.807) is 25.3 Å². The van der Waals surface area contributed by atoms with Gasteiger partial charge in [-0.05, 0) is 35.7 Å². The van der Waals surface area contributed by atoms with Gasteiger partial charge in [0, 0.05) is 11.6 Å². The Hall–Kier alpha value is -2.33. The molecule has 2 atom stereocenters. The topological polar surface area (TPSA) is 64.3 Å². The fourth-order valence-electron chi connectivity index (χ4n) is 2.80. The minimum Gasteiger partial charge on any atom is -0.497 e. The van der Waals surface area contributed by atoms with Gasteiger partial charge in [-0.1, -0.05) is 30.3 Å². The van der Waals surface area contributed by atoms with Crippen LogP contribution in [0.5, 0.6) is 5.75 Å². The molecule has 0 heterocycles. The minimum absolute atomic E-state index is 0.0862. The Kier molecular flexibility index (Phi) is 3.62. The van der Waals surface area contributed by atoms with Gasteiger partial charge in [0.15, 0.2) is 0 Å². The fourth-order valence-corrected chi connectivity index (χ4v) is 2.80. The monoisotopic (exact) mass is 282 g/mol. The lowest BCUT2D eigenvalue weighted by Crippen LogP contribution is -2.38. The first-order valence-corrected chi connectivity index (χ1v) is 6.97. The predicted molar refractivity (Wildman–Crippen MR) is 81.3 cm³/mol. The Morgan fingerprint density at radius 2 is 2.05 bits per heavy atom. The molecule has 1 amide bonds. The molecule has 2 unspecified atom stereocenters. The van der Waals surface area contributed by atoms with Gasteiger partial charge >= 0.3 is 0 Å². The summed E-state index contributed by atoms with van der Waals surface area (Å²) in [6, 6.07) is 14.9. The summed E-state index contributed by atoms with van der Waals surface area (Å²) >= 11 is 0. The third-order valence-corrected chi connectivity index (χ3v) is 3.89. The number of amides is 1. The van der Waals surface area contributed by atoms with Gasteiger partial charge in [0.05, 0.1) is 13.2 Å². The van der Waals surface area contributed by atoms with Gasteiger partial charge in [-0.15, -0.1) is 0 Å². The van der Waals surface area contributed by atoms with E-state index in [-0.39, 0.29) is 18.0 Å². The third-order valence-electron chi connectivity index (χ3n) is 3.89. The highest BCUT2D eigenvalue weighted by molar-refractivity contribution is 5.95. The molecule has 0 spiro atoms. The van der Waals surface area contributed by atoms with Gasteiger partial charge in [0.25, 0.3) is 5.91 Å². The zero-order valence-corrected chi connectivity index (χ0v) is 11.9. The van der Waals surface area contributed by atoms with E-state index >= 15 is 0 Å². The van der Waals surface area contributed by atoms with Crippen LogP contribution in [0.25, 0.3) is 0 Å². The zero-order valence-electron chi connectivity index (χ0n) is 11.9. The number of ether oxygens (including phenoxy) is 1. The number of benzene rings is 2. The van der Waals surface area contributed by atoms with Crippen LogP contribution in [-0.2, 0) is 6.42 Å². The van der Waals surface area contributed by atoms with E-state index < -0.39 is 0 Å². The highest BCUT2D eigenvalue weighted by Gasteiger charge is 2.30. The van der Waals surface area contributed by atoms with Crippen molar-refractivity contribution in [1.82, 2.24) is 5.32 Å². The van der Waals surface area contributed by atoms with Crippen LogP contribution in [0.1, 0.15) is 27.5 Å². The van der Waals surface area contributed by atoms with E-state index in [2.05, 4.69) is 11.4 Å². The number of hydrogen-bond acceptors (Lipinski definition) is 3. The molecular formula is C17H18N2O2. The number of hydrogen-bond donors (Lipinski definition) is 2. The van der Waals surface area contributed by atoms with E-state index in [9.17, 15) is 4.79 Å². The molecule has 0 radical (unpaired) electrons. The van der Waals surface area contributed by atoms with Crippen molar-refractivity contribution in [3.63, 3.8) is 0 Å². The van der Waals surface area contributed by atoms with Gasteiger partial charge < -0.3 is 15.8 Å². The number of nitrogens with two attached hydrogens (primary N) is 1. The lowest BCUT2D eigenvalue weighted by atomic mass is 10.1. The first kappa shape index (κ1) is 13.6. The molecule has 2 aromatic carbocycles. The molecule has 0 saturated carbocycles. The van der Waals surface area contributed by atoms with Crippen molar-refractivity contribution >= 4 is 5.91 Å². The molecule has 0 saturated heterocycles. The van der Waals surface area contributed by atoms with Crippen molar-refractivity contribution < 1.29 is 9.53 Å². The normalized spacial score (nSPS) is 19.9. The van der Waals surface area contributed by atoms with Crippen molar-refractivity contribution in [3.05, 3.63) is 65.2 Å². The first-order valence-electron chi connectivity index (χ1n) is 6.97.